The number of nitrogens with two attached hydrogens (primary N) is 1. The predicted molar refractivity (Wildman–Crippen MR) is 74.1 cm³/mol. The lowest BCUT2D eigenvalue weighted by molar-refractivity contribution is 0.584. The number of benzene rings is 1. The Bertz CT molecular complexity index is 738. The monoisotopic (exact) mass is 316 g/mol. The molecule has 21 heavy (non-hydrogen) atoms. The Morgan fingerprint density at radius 1 is 1.29 bits per heavy atom. The van der Waals surface area contributed by atoms with E-state index in [1.165, 1.54) is 10.9 Å². The fourth-order valence-corrected chi connectivity index (χ4v) is 2.91. The Morgan fingerprint density at radius 3 is 2.48 bits per heavy atom. The van der Waals surface area contributed by atoms with Crippen molar-refractivity contribution in [3.63, 3.8) is 0 Å². The van der Waals surface area contributed by atoms with Gasteiger partial charge < -0.3 is 5.73 Å². The minimum atomic E-state index is -4.07. The molecule has 9 heteroatoms. The second kappa shape index (κ2) is 5.68. The van der Waals surface area contributed by atoms with Crippen molar-refractivity contribution in [3.8, 4) is 0 Å². The molecule has 0 unspecified atom stereocenters. The van der Waals surface area contributed by atoms with Gasteiger partial charge in [0, 0.05) is 18.8 Å². The van der Waals surface area contributed by atoms with Gasteiger partial charge >= 0.3 is 0 Å². The number of aryl methyl sites for hydroxylation is 1. The second-order valence-electron chi connectivity index (χ2n) is 4.41. The zero-order valence-corrected chi connectivity index (χ0v) is 12.0. The maximum atomic E-state index is 13.1. The molecule has 1 aromatic carbocycles. The molecule has 0 amide bonds. The first kappa shape index (κ1) is 15.2. The highest BCUT2D eigenvalue weighted by Crippen LogP contribution is 2.21. The van der Waals surface area contributed by atoms with Crippen LogP contribution in [0.1, 0.15) is 13.3 Å². The standard InChI is InChI=1S/C12H14F2N4O2S/c1-2-3-18-7-11(12(15)16-18)21(19,20)17-10-5-8(13)4-9(14)6-10/h4-7,17H,2-3H2,1H3,(H2,15,16). The van der Waals surface area contributed by atoms with Gasteiger partial charge in [0.15, 0.2) is 5.82 Å². The number of aromatic nitrogens is 2. The zero-order valence-electron chi connectivity index (χ0n) is 11.2. The molecule has 114 valence electrons. The molecule has 0 radical (unpaired) electrons. The van der Waals surface area contributed by atoms with E-state index in [0.717, 1.165) is 18.6 Å². The number of nitrogen functional groups attached to an aromatic ring is 1. The quantitative estimate of drug-likeness (QED) is 0.882. The number of rotatable bonds is 5. The highest BCUT2D eigenvalue weighted by Gasteiger charge is 2.21. The molecule has 0 aliphatic rings. The third kappa shape index (κ3) is 3.48. The van der Waals surface area contributed by atoms with Gasteiger partial charge in [-0.05, 0) is 18.6 Å². The molecule has 0 atom stereocenters. The number of hydrogen-bond acceptors (Lipinski definition) is 4. The molecule has 1 heterocycles. The smallest absolute Gasteiger partial charge is 0.267 e. The molecule has 0 bridgehead atoms. The summed E-state index contributed by atoms with van der Waals surface area (Å²) < 4.78 is 54.0. The van der Waals surface area contributed by atoms with Gasteiger partial charge in [-0.15, -0.1) is 0 Å². The zero-order chi connectivity index (χ0) is 15.6. The molecule has 1 aromatic heterocycles. The van der Waals surface area contributed by atoms with Gasteiger partial charge in [0.2, 0.25) is 0 Å². The molecule has 2 aromatic rings. The largest absolute Gasteiger partial charge is 0.381 e. The first-order valence-electron chi connectivity index (χ1n) is 6.13. The number of anilines is 2. The molecule has 6 nitrogen and oxygen atoms in total. The van der Waals surface area contributed by atoms with Crippen LogP contribution in [-0.4, -0.2) is 18.2 Å². The fourth-order valence-electron chi connectivity index (χ4n) is 1.79. The van der Waals surface area contributed by atoms with Crippen LogP contribution in [0.5, 0.6) is 0 Å². The number of hydrogen-bond donors (Lipinski definition) is 2. The van der Waals surface area contributed by atoms with Gasteiger partial charge in [-0.3, -0.25) is 9.40 Å². The molecule has 0 fully saturated rings. The molecule has 0 saturated heterocycles. The van der Waals surface area contributed by atoms with Crippen LogP contribution in [0.25, 0.3) is 0 Å². The van der Waals surface area contributed by atoms with Gasteiger partial charge in [-0.1, -0.05) is 6.92 Å². The van der Waals surface area contributed by atoms with Crippen molar-refractivity contribution < 1.29 is 17.2 Å². The maximum absolute atomic E-state index is 13.1. The van der Waals surface area contributed by atoms with Crippen molar-refractivity contribution in [3.05, 3.63) is 36.0 Å². The molecule has 0 aliphatic carbocycles. The minimum absolute atomic E-state index is 0.173. The molecule has 2 rings (SSSR count). The minimum Gasteiger partial charge on any atom is -0.381 e. The Kier molecular flexibility index (Phi) is 4.12. The van der Waals surface area contributed by atoms with E-state index in [4.69, 9.17) is 5.73 Å². The van der Waals surface area contributed by atoms with Crippen molar-refractivity contribution in [2.45, 2.75) is 24.8 Å². The summed E-state index contributed by atoms with van der Waals surface area (Å²) in [4.78, 5) is -0.236. The first-order valence-corrected chi connectivity index (χ1v) is 7.62. The summed E-state index contributed by atoms with van der Waals surface area (Å²) in [6, 6.07) is 2.38. The molecule has 3 N–H and O–H groups in total. The van der Waals surface area contributed by atoms with E-state index in [2.05, 4.69) is 9.82 Å². The molecular weight excluding hydrogens is 302 g/mol. The van der Waals surface area contributed by atoms with Crippen LogP contribution < -0.4 is 10.5 Å². The number of halogens is 2. The van der Waals surface area contributed by atoms with E-state index in [-0.39, 0.29) is 16.4 Å². The van der Waals surface area contributed by atoms with Crippen LogP contribution in [0.3, 0.4) is 0 Å². The summed E-state index contributed by atoms with van der Waals surface area (Å²) in [5.41, 5.74) is 5.35. The van der Waals surface area contributed by atoms with Gasteiger partial charge in [0.25, 0.3) is 10.0 Å². The lowest BCUT2D eigenvalue weighted by Gasteiger charge is -2.07. The van der Waals surface area contributed by atoms with Crippen molar-refractivity contribution >= 4 is 21.5 Å². The Labute approximate surface area is 120 Å². The summed E-state index contributed by atoms with van der Waals surface area (Å²) in [5, 5.41) is 3.87. The van der Waals surface area contributed by atoms with Crippen LogP contribution >= 0.6 is 0 Å². The molecule has 0 spiro atoms. The number of sulfonamides is 1. The Hall–Kier alpha value is -2.16. The normalized spacial score (nSPS) is 11.6. The van der Waals surface area contributed by atoms with Crippen LogP contribution in [0.15, 0.2) is 29.3 Å². The number of nitrogens with zero attached hydrogens (tertiary/aromatic N) is 2. The van der Waals surface area contributed by atoms with Gasteiger partial charge in [0.1, 0.15) is 16.5 Å². The van der Waals surface area contributed by atoms with Crippen LogP contribution in [0.2, 0.25) is 0 Å². The SMILES string of the molecule is CCCn1cc(S(=O)(=O)Nc2cc(F)cc(F)c2)c(N)n1. The molecule has 0 aliphatic heterocycles. The summed E-state index contributed by atoms with van der Waals surface area (Å²) in [5.74, 6) is -1.95. The highest BCUT2D eigenvalue weighted by molar-refractivity contribution is 7.92. The predicted octanol–water partition coefficient (Wildman–Crippen LogP) is 1.95. The van der Waals surface area contributed by atoms with Gasteiger partial charge in [0.05, 0.1) is 5.69 Å². The van der Waals surface area contributed by atoms with E-state index in [9.17, 15) is 17.2 Å². The summed E-state index contributed by atoms with van der Waals surface area (Å²) in [6.45, 7) is 2.41. The van der Waals surface area contributed by atoms with Crippen LogP contribution in [-0.2, 0) is 16.6 Å². The van der Waals surface area contributed by atoms with Crippen molar-refractivity contribution in [1.29, 1.82) is 0 Å². The molecule has 0 saturated carbocycles. The van der Waals surface area contributed by atoms with Crippen molar-refractivity contribution in [1.82, 2.24) is 9.78 Å². The Morgan fingerprint density at radius 2 is 1.90 bits per heavy atom. The summed E-state index contributed by atoms with van der Waals surface area (Å²) in [7, 11) is -4.07. The lowest BCUT2D eigenvalue weighted by Crippen LogP contribution is -2.14. The van der Waals surface area contributed by atoms with E-state index < -0.39 is 21.7 Å². The summed E-state index contributed by atoms with van der Waals surface area (Å²) >= 11 is 0. The van der Waals surface area contributed by atoms with E-state index in [1.807, 2.05) is 6.92 Å². The average molecular weight is 316 g/mol. The number of nitrogens with one attached hydrogen (secondary N) is 1. The lowest BCUT2D eigenvalue weighted by atomic mass is 10.3. The van der Waals surface area contributed by atoms with E-state index in [0.29, 0.717) is 12.6 Å². The maximum Gasteiger partial charge on any atom is 0.267 e. The molecular formula is C12H14F2N4O2S. The van der Waals surface area contributed by atoms with Crippen molar-refractivity contribution in [2.75, 3.05) is 10.5 Å². The third-order valence-corrected chi connectivity index (χ3v) is 4.01. The highest BCUT2D eigenvalue weighted by atomic mass is 32.2. The summed E-state index contributed by atoms with van der Waals surface area (Å²) in [6.07, 6.45) is 2.03. The first-order chi connectivity index (χ1) is 9.81. The third-order valence-electron chi connectivity index (χ3n) is 2.61. The topological polar surface area (TPSA) is 90.0 Å². The average Bonchev–Trinajstić information content (AvgIpc) is 2.69. The van der Waals surface area contributed by atoms with E-state index >= 15 is 0 Å². The Balaban J connectivity index is 2.33. The van der Waals surface area contributed by atoms with Gasteiger partial charge in [-0.2, -0.15) is 5.10 Å². The van der Waals surface area contributed by atoms with E-state index in [1.54, 1.807) is 0 Å². The second-order valence-corrected chi connectivity index (χ2v) is 6.06. The fraction of sp³-hybridized carbons (Fsp3) is 0.250. The van der Waals surface area contributed by atoms with Crippen LogP contribution in [0, 0.1) is 11.6 Å². The van der Waals surface area contributed by atoms with Gasteiger partial charge in [-0.25, -0.2) is 17.2 Å². The van der Waals surface area contributed by atoms with Crippen LogP contribution in [0.4, 0.5) is 20.3 Å². The van der Waals surface area contributed by atoms with Crippen molar-refractivity contribution in [2.24, 2.45) is 0 Å².